The van der Waals surface area contributed by atoms with E-state index in [9.17, 15) is 4.79 Å². The quantitative estimate of drug-likeness (QED) is 0.370. The minimum Gasteiger partial charge on any atom is -0.496 e. The Morgan fingerprint density at radius 2 is 1.81 bits per heavy atom. The molecular formula is C23H17BrClN3O3. The number of nitrogens with one attached hydrogen (secondary N) is 1. The van der Waals surface area contributed by atoms with Gasteiger partial charge >= 0.3 is 0 Å². The first-order valence-electron chi connectivity index (χ1n) is 9.34. The summed E-state index contributed by atoms with van der Waals surface area (Å²) in [6, 6.07) is 21.0. The number of ether oxygens (including phenoxy) is 1. The molecule has 4 rings (SSSR count). The van der Waals surface area contributed by atoms with Gasteiger partial charge in [0.25, 0.3) is 5.91 Å². The van der Waals surface area contributed by atoms with Crippen molar-refractivity contribution in [2.24, 2.45) is 0 Å². The lowest BCUT2D eigenvalue weighted by Crippen LogP contribution is -2.30. The van der Waals surface area contributed by atoms with Crippen LogP contribution in [0.1, 0.15) is 27.9 Å². The number of aromatic nitrogens is 2. The third-order valence-corrected chi connectivity index (χ3v) is 5.34. The number of nitrogens with zero attached hydrogens (tertiary/aromatic N) is 2. The summed E-state index contributed by atoms with van der Waals surface area (Å²) in [5.41, 5.74) is 1.91. The Hall–Kier alpha value is -3.16. The van der Waals surface area contributed by atoms with E-state index >= 15 is 0 Å². The van der Waals surface area contributed by atoms with Gasteiger partial charge in [0.1, 0.15) is 11.8 Å². The van der Waals surface area contributed by atoms with Crippen LogP contribution in [0.2, 0.25) is 5.02 Å². The molecule has 8 heteroatoms. The SMILES string of the molecule is COc1ccc(Br)cc1C(=O)NC(c1ccc(Cl)cc1)c1nnc(-c2ccccc2)o1. The van der Waals surface area contributed by atoms with Crippen LogP contribution in [0.3, 0.4) is 0 Å². The van der Waals surface area contributed by atoms with Crippen LogP contribution in [0.15, 0.2) is 81.7 Å². The highest BCUT2D eigenvalue weighted by atomic mass is 79.9. The van der Waals surface area contributed by atoms with Gasteiger partial charge in [-0.2, -0.15) is 0 Å². The van der Waals surface area contributed by atoms with Crippen LogP contribution in [-0.4, -0.2) is 23.2 Å². The van der Waals surface area contributed by atoms with Crippen molar-refractivity contribution in [3.8, 4) is 17.2 Å². The van der Waals surface area contributed by atoms with Crippen LogP contribution in [0.4, 0.5) is 0 Å². The Kier molecular flexibility index (Phi) is 6.34. The standard InChI is InChI=1S/C23H17BrClN3O3/c1-30-19-12-9-16(24)13-18(19)21(29)26-20(14-7-10-17(25)11-8-14)23-28-27-22(31-23)15-5-3-2-4-6-15/h2-13,20H,1H3,(H,26,29). The smallest absolute Gasteiger partial charge is 0.255 e. The number of hydrogen-bond acceptors (Lipinski definition) is 5. The zero-order chi connectivity index (χ0) is 21.8. The van der Waals surface area contributed by atoms with Gasteiger partial charge in [-0.15, -0.1) is 10.2 Å². The molecule has 1 unspecified atom stereocenters. The van der Waals surface area contributed by atoms with E-state index in [1.54, 1.807) is 42.5 Å². The molecule has 156 valence electrons. The largest absolute Gasteiger partial charge is 0.496 e. The van der Waals surface area contributed by atoms with Crippen LogP contribution >= 0.6 is 27.5 Å². The molecule has 0 radical (unpaired) electrons. The van der Waals surface area contributed by atoms with Crippen molar-refractivity contribution in [1.29, 1.82) is 0 Å². The molecule has 1 N–H and O–H groups in total. The molecule has 6 nitrogen and oxygen atoms in total. The number of carbonyl (C=O) groups excluding carboxylic acids is 1. The maximum absolute atomic E-state index is 13.1. The second-order valence-electron chi connectivity index (χ2n) is 6.61. The zero-order valence-corrected chi connectivity index (χ0v) is 18.7. The van der Waals surface area contributed by atoms with Crippen molar-refractivity contribution in [3.05, 3.63) is 99.3 Å². The monoisotopic (exact) mass is 497 g/mol. The molecule has 0 fully saturated rings. The summed E-state index contributed by atoms with van der Waals surface area (Å²) in [7, 11) is 1.51. The number of benzene rings is 3. The molecule has 0 aliphatic carbocycles. The highest BCUT2D eigenvalue weighted by molar-refractivity contribution is 9.10. The van der Waals surface area contributed by atoms with Gasteiger partial charge in [0, 0.05) is 15.1 Å². The lowest BCUT2D eigenvalue weighted by atomic mass is 10.1. The molecule has 0 bridgehead atoms. The minimum absolute atomic E-state index is 0.253. The van der Waals surface area contributed by atoms with E-state index in [1.807, 2.05) is 30.3 Å². The van der Waals surface area contributed by atoms with Gasteiger partial charge in [0.2, 0.25) is 11.8 Å². The molecule has 31 heavy (non-hydrogen) atoms. The Bertz CT molecular complexity index is 1200. The molecule has 4 aromatic rings. The highest BCUT2D eigenvalue weighted by Gasteiger charge is 2.25. The number of hydrogen-bond donors (Lipinski definition) is 1. The molecule has 0 saturated carbocycles. The van der Waals surface area contributed by atoms with E-state index in [-0.39, 0.29) is 11.8 Å². The van der Waals surface area contributed by atoms with Crippen molar-refractivity contribution in [3.63, 3.8) is 0 Å². The predicted octanol–water partition coefficient (Wildman–Crippen LogP) is 5.68. The molecular weight excluding hydrogens is 482 g/mol. The van der Waals surface area contributed by atoms with Crippen LogP contribution in [0, 0.1) is 0 Å². The zero-order valence-electron chi connectivity index (χ0n) is 16.4. The Morgan fingerprint density at radius 3 is 2.52 bits per heavy atom. The Labute approximate surface area is 192 Å². The normalized spacial score (nSPS) is 11.7. The van der Waals surface area contributed by atoms with Gasteiger partial charge in [-0.3, -0.25) is 4.79 Å². The van der Waals surface area contributed by atoms with Gasteiger partial charge in [0.05, 0.1) is 12.7 Å². The van der Waals surface area contributed by atoms with Crippen molar-refractivity contribution in [2.75, 3.05) is 7.11 Å². The second-order valence-corrected chi connectivity index (χ2v) is 7.97. The van der Waals surface area contributed by atoms with Crippen molar-refractivity contribution in [1.82, 2.24) is 15.5 Å². The Balaban J connectivity index is 1.71. The van der Waals surface area contributed by atoms with Crippen LogP contribution in [-0.2, 0) is 0 Å². The minimum atomic E-state index is -0.682. The van der Waals surface area contributed by atoms with Gasteiger partial charge in [-0.05, 0) is 48.0 Å². The van der Waals surface area contributed by atoms with Crippen LogP contribution in [0.25, 0.3) is 11.5 Å². The van der Waals surface area contributed by atoms with E-state index < -0.39 is 6.04 Å². The lowest BCUT2D eigenvalue weighted by molar-refractivity contribution is 0.0935. The predicted molar refractivity (Wildman–Crippen MR) is 121 cm³/mol. The first kappa shape index (κ1) is 21.1. The molecule has 0 spiro atoms. The van der Waals surface area contributed by atoms with E-state index in [4.69, 9.17) is 20.8 Å². The number of rotatable bonds is 6. The molecule has 0 aliphatic heterocycles. The fraction of sp³-hybridized carbons (Fsp3) is 0.0870. The summed E-state index contributed by atoms with van der Waals surface area (Å²) < 4.78 is 12.0. The summed E-state index contributed by atoms with van der Waals surface area (Å²) in [6.45, 7) is 0. The summed E-state index contributed by atoms with van der Waals surface area (Å²) in [5.74, 6) is 0.718. The van der Waals surface area contributed by atoms with E-state index in [0.29, 0.717) is 22.2 Å². The van der Waals surface area contributed by atoms with Crippen molar-refractivity contribution >= 4 is 33.4 Å². The highest BCUT2D eigenvalue weighted by Crippen LogP contribution is 2.28. The average Bonchev–Trinajstić information content (AvgIpc) is 3.28. The molecule has 0 aliphatic rings. The number of methoxy groups -OCH3 is 1. The van der Waals surface area contributed by atoms with Crippen molar-refractivity contribution in [2.45, 2.75) is 6.04 Å². The third kappa shape index (κ3) is 4.78. The van der Waals surface area contributed by atoms with E-state index in [2.05, 4.69) is 31.4 Å². The van der Waals surface area contributed by atoms with Gasteiger partial charge in [-0.1, -0.05) is 57.9 Å². The lowest BCUT2D eigenvalue weighted by Gasteiger charge is -2.17. The van der Waals surface area contributed by atoms with Gasteiger partial charge < -0.3 is 14.5 Å². The number of amides is 1. The Morgan fingerprint density at radius 1 is 1.06 bits per heavy atom. The topological polar surface area (TPSA) is 77.2 Å². The average molecular weight is 499 g/mol. The van der Waals surface area contributed by atoms with Gasteiger partial charge in [-0.25, -0.2) is 0 Å². The van der Waals surface area contributed by atoms with E-state index in [1.165, 1.54) is 7.11 Å². The fourth-order valence-corrected chi connectivity index (χ4v) is 3.55. The summed E-state index contributed by atoms with van der Waals surface area (Å²) >= 11 is 9.44. The summed E-state index contributed by atoms with van der Waals surface area (Å²) in [4.78, 5) is 13.1. The summed E-state index contributed by atoms with van der Waals surface area (Å²) in [6.07, 6.45) is 0. The third-order valence-electron chi connectivity index (χ3n) is 4.59. The number of carbonyl (C=O) groups is 1. The first-order valence-corrected chi connectivity index (χ1v) is 10.5. The maximum Gasteiger partial charge on any atom is 0.255 e. The first-order chi connectivity index (χ1) is 15.0. The molecule has 1 atom stereocenters. The second kappa shape index (κ2) is 9.32. The van der Waals surface area contributed by atoms with Crippen molar-refractivity contribution < 1.29 is 13.9 Å². The molecule has 0 saturated heterocycles. The van der Waals surface area contributed by atoms with Crippen LogP contribution in [0.5, 0.6) is 5.75 Å². The molecule has 1 amide bonds. The van der Waals surface area contributed by atoms with Gasteiger partial charge in [0.15, 0.2) is 0 Å². The van der Waals surface area contributed by atoms with E-state index in [0.717, 1.165) is 15.6 Å². The molecule has 3 aromatic carbocycles. The van der Waals surface area contributed by atoms with Crippen LogP contribution < -0.4 is 10.1 Å². The molecule has 1 aromatic heterocycles. The summed E-state index contributed by atoms with van der Waals surface area (Å²) in [5, 5.41) is 11.9. The number of halogens is 2. The fourth-order valence-electron chi connectivity index (χ4n) is 3.06. The molecule has 1 heterocycles. The maximum atomic E-state index is 13.1.